The van der Waals surface area contributed by atoms with E-state index in [-0.39, 0.29) is 16.9 Å². The molecule has 0 fully saturated rings. The smallest absolute Gasteiger partial charge is 0.344 e. The van der Waals surface area contributed by atoms with Crippen molar-refractivity contribution in [2.24, 2.45) is 0 Å². The monoisotopic (exact) mass is 358 g/mol. The molecular weight excluding hydrogens is 344 g/mol. The molecule has 2 aromatic carbocycles. The Balaban J connectivity index is 2.32. The number of hydrogen-bond acceptors (Lipinski definition) is 4. The normalized spacial score (nSPS) is 12.1. The Morgan fingerprint density at radius 1 is 1.24 bits per heavy atom. The van der Waals surface area contributed by atoms with Gasteiger partial charge in [0.1, 0.15) is 5.58 Å². The van der Waals surface area contributed by atoms with Crippen molar-refractivity contribution in [2.45, 2.75) is 20.0 Å². The summed E-state index contributed by atoms with van der Waals surface area (Å²) in [7, 11) is 0. The SMILES string of the molecule is Cc1cc2oc(-c3ccccc3)c(O[C@@H](C)C(=O)O)c(=O)c2cc1Cl. The third-order valence-corrected chi connectivity index (χ3v) is 4.22. The number of benzene rings is 2. The molecule has 3 rings (SSSR count). The Hall–Kier alpha value is -2.79. The molecular formula is C19H15ClO5. The van der Waals surface area contributed by atoms with Crippen molar-refractivity contribution >= 4 is 28.5 Å². The number of fused-ring (bicyclic) bond motifs is 1. The van der Waals surface area contributed by atoms with Crippen molar-refractivity contribution in [3.05, 3.63) is 63.3 Å². The van der Waals surface area contributed by atoms with E-state index in [1.807, 2.05) is 6.07 Å². The van der Waals surface area contributed by atoms with Crippen molar-refractivity contribution in [1.29, 1.82) is 0 Å². The summed E-state index contributed by atoms with van der Waals surface area (Å²) in [5.74, 6) is -1.14. The van der Waals surface area contributed by atoms with Crippen LogP contribution in [-0.4, -0.2) is 17.2 Å². The van der Waals surface area contributed by atoms with Gasteiger partial charge < -0.3 is 14.3 Å². The molecule has 0 aliphatic rings. The van der Waals surface area contributed by atoms with Crippen LogP contribution in [0.1, 0.15) is 12.5 Å². The van der Waals surface area contributed by atoms with Crippen molar-refractivity contribution < 1.29 is 19.1 Å². The van der Waals surface area contributed by atoms with Gasteiger partial charge in [-0.1, -0.05) is 41.9 Å². The fourth-order valence-corrected chi connectivity index (χ4v) is 2.58. The fraction of sp³-hybridized carbons (Fsp3) is 0.158. The Kier molecular flexibility index (Phi) is 4.51. The zero-order valence-corrected chi connectivity index (χ0v) is 14.3. The van der Waals surface area contributed by atoms with Gasteiger partial charge in [0, 0.05) is 10.6 Å². The van der Waals surface area contributed by atoms with E-state index in [0.29, 0.717) is 16.2 Å². The maximum absolute atomic E-state index is 12.9. The number of hydrogen-bond donors (Lipinski definition) is 1. The van der Waals surface area contributed by atoms with Gasteiger partial charge in [0.15, 0.2) is 11.9 Å². The summed E-state index contributed by atoms with van der Waals surface area (Å²) in [6.45, 7) is 3.16. The second kappa shape index (κ2) is 6.61. The van der Waals surface area contributed by atoms with Gasteiger partial charge in [0.25, 0.3) is 0 Å². The first-order valence-corrected chi connectivity index (χ1v) is 7.98. The van der Waals surface area contributed by atoms with Crippen LogP contribution in [0.2, 0.25) is 5.02 Å². The van der Waals surface area contributed by atoms with E-state index in [2.05, 4.69) is 0 Å². The second-order valence-corrected chi connectivity index (χ2v) is 6.06. The van der Waals surface area contributed by atoms with Crippen LogP contribution in [0.4, 0.5) is 0 Å². The molecule has 0 radical (unpaired) electrons. The van der Waals surface area contributed by atoms with E-state index < -0.39 is 17.5 Å². The average Bonchev–Trinajstić information content (AvgIpc) is 2.59. The molecule has 6 heteroatoms. The lowest BCUT2D eigenvalue weighted by atomic mass is 10.1. The van der Waals surface area contributed by atoms with E-state index in [1.165, 1.54) is 13.0 Å². The van der Waals surface area contributed by atoms with E-state index in [9.17, 15) is 9.59 Å². The molecule has 25 heavy (non-hydrogen) atoms. The van der Waals surface area contributed by atoms with Gasteiger partial charge in [0.2, 0.25) is 11.2 Å². The highest BCUT2D eigenvalue weighted by Crippen LogP contribution is 2.33. The van der Waals surface area contributed by atoms with Crippen LogP contribution in [0.15, 0.2) is 51.7 Å². The van der Waals surface area contributed by atoms with E-state index in [0.717, 1.165) is 5.56 Å². The van der Waals surface area contributed by atoms with Crippen molar-refractivity contribution in [3.63, 3.8) is 0 Å². The van der Waals surface area contributed by atoms with Crippen LogP contribution in [0.3, 0.4) is 0 Å². The highest BCUT2D eigenvalue weighted by atomic mass is 35.5. The Morgan fingerprint density at radius 3 is 2.56 bits per heavy atom. The van der Waals surface area contributed by atoms with E-state index in [4.69, 9.17) is 25.9 Å². The minimum absolute atomic E-state index is 0.145. The quantitative estimate of drug-likeness (QED) is 0.753. The number of aliphatic carboxylic acids is 1. The topological polar surface area (TPSA) is 76.7 Å². The molecule has 1 aromatic heterocycles. The fourth-order valence-electron chi connectivity index (χ4n) is 2.41. The number of aryl methyl sites for hydroxylation is 1. The van der Waals surface area contributed by atoms with Gasteiger partial charge in [-0.2, -0.15) is 0 Å². The summed E-state index contributed by atoms with van der Waals surface area (Å²) in [5, 5.41) is 9.77. The molecule has 0 spiro atoms. The maximum atomic E-state index is 12.9. The Labute approximate surface area is 148 Å². The zero-order chi connectivity index (χ0) is 18.1. The molecule has 0 unspecified atom stereocenters. The molecule has 1 atom stereocenters. The summed E-state index contributed by atoms with van der Waals surface area (Å²) in [5.41, 5.74) is 1.28. The lowest BCUT2D eigenvalue weighted by molar-refractivity contribution is -0.144. The van der Waals surface area contributed by atoms with E-state index in [1.54, 1.807) is 37.3 Å². The van der Waals surface area contributed by atoms with Crippen LogP contribution in [0.25, 0.3) is 22.3 Å². The predicted octanol–water partition coefficient (Wildman–Crippen LogP) is 4.27. The highest BCUT2D eigenvalue weighted by Gasteiger charge is 2.22. The number of ether oxygens (including phenoxy) is 1. The minimum Gasteiger partial charge on any atom is -0.479 e. The lowest BCUT2D eigenvalue weighted by Gasteiger charge is -2.14. The largest absolute Gasteiger partial charge is 0.479 e. The van der Waals surface area contributed by atoms with Crippen molar-refractivity contribution in [2.75, 3.05) is 0 Å². The standard InChI is InChI=1S/C19H15ClO5/c1-10-8-15-13(9-14(10)20)16(21)18(24-11(2)19(22)23)17(25-15)12-6-4-3-5-7-12/h3-9,11H,1-2H3,(H,22,23)/t11-/m0/s1. The summed E-state index contributed by atoms with van der Waals surface area (Å²) < 4.78 is 11.3. The zero-order valence-electron chi connectivity index (χ0n) is 13.6. The predicted molar refractivity (Wildman–Crippen MR) is 95.4 cm³/mol. The molecule has 0 amide bonds. The number of rotatable bonds is 4. The van der Waals surface area contributed by atoms with Gasteiger partial charge in [-0.3, -0.25) is 4.79 Å². The number of carbonyl (C=O) groups is 1. The lowest BCUT2D eigenvalue weighted by Crippen LogP contribution is -2.26. The second-order valence-electron chi connectivity index (χ2n) is 5.65. The molecule has 5 nitrogen and oxygen atoms in total. The molecule has 0 saturated heterocycles. The first kappa shape index (κ1) is 17.0. The Bertz CT molecular complexity index is 1010. The highest BCUT2D eigenvalue weighted by molar-refractivity contribution is 6.32. The molecule has 3 aromatic rings. The maximum Gasteiger partial charge on any atom is 0.344 e. The third kappa shape index (κ3) is 3.23. The first-order valence-electron chi connectivity index (χ1n) is 7.60. The van der Waals surface area contributed by atoms with Crippen LogP contribution in [0, 0.1) is 6.92 Å². The van der Waals surface area contributed by atoms with E-state index >= 15 is 0 Å². The molecule has 0 saturated carbocycles. The molecule has 128 valence electrons. The minimum atomic E-state index is -1.20. The molecule has 0 aliphatic heterocycles. The summed E-state index contributed by atoms with van der Waals surface area (Å²) in [4.78, 5) is 24.1. The van der Waals surface area contributed by atoms with Gasteiger partial charge >= 0.3 is 5.97 Å². The molecule has 0 bridgehead atoms. The van der Waals surface area contributed by atoms with Gasteiger partial charge in [-0.15, -0.1) is 0 Å². The Morgan fingerprint density at radius 2 is 1.92 bits per heavy atom. The average molecular weight is 359 g/mol. The van der Waals surface area contributed by atoms with Crippen molar-refractivity contribution in [1.82, 2.24) is 0 Å². The van der Waals surface area contributed by atoms with Gasteiger partial charge in [-0.05, 0) is 31.5 Å². The molecule has 1 heterocycles. The number of carboxylic acids is 1. The van der Waals surface area contributed by atoms with Crippen LogP contribution < -0.4 is 10.2 Å². The van der Waals surface area contributed by atoms with Gasteiger partial charge in [0.05, 0.1) is 5.39 Å². The van der Waals surface area contributed by atoms with Crippen LogP contribution in [0.5, 0.6) is 5.75 Å². The summed E-state index contributed by atoms with van der Waals surface area (Å²) in [6, 6.07) is 12.1. The van der Waals surface area contributed by atoms with Crippen LogP contribution >= 0.6 is 11.6 Å². The summed E-state index contributed by atoms with van der Waals surface area (Å²) >= 11 is 6.11. The third-order valence-electron chi connectivity index (χ3n) is 3.81. The van der Waals surface area contributed by atoms with Gasteiger partial charge in [-0.25, -0.2) is 4.79 Å². The molecule has 1 N–H and O–H groups in total. The molecule has 0 aliphatic carbocycles. The first-order chi connectivity index (χ1) is 11.9. The van der Waals surface area contributed by atoms with Crippen molar-refractivity contribution in [3.8, 4) is 17.1 Å². The number of halogens is 1. The van der Waals surface area contributed by atoms with Crippen LogP contribution in [-0.2, 0) is 4.79 Å². The number of carboxylic acid groups (broad SMARTS) is 1. The summed E-state index contributed by atoms with van der Waals surface area (Å²) in [6.07, 6.45) is -1.20.